The summed E-state index contributed by atoms with van der Waals surface area (Å²) in [4.78, 5) is 12.4. The highest BCUT2D eigenvalue weighted by Crippen LogP contribution is 2.41. The van der Waals surface area contributed by atoms with Crippen molar-refractivity contribution in [3.8, 4) is 22.6 Å². The summed E-state index contributed by atoms with van der Waals surface area (Å²) in [7, 11) is 3.24. The first-order valence-corrected chi connectivity index (χ1v) is 9.65. The Bertz CT molecular complexity index is 1270. The molecular weight excluding hydrogens is 396 g/mol. The fraction of sp³-hybridized carbons (Fsp3) is 0.167. The molecule has 4 aromatic rings. The van der Waals surface area contributed by atoms with Gasteiger partial charge in [0.25, 0.3) is 0 Å². The maximum absolute atomic E-state index is 12.4. The van der Waals surface area contributed by atoms with Gasteiger partial charge in [0.15, 0.2) is 5.82 Å². The lowest BCUT2D eigenvalue weighted by molar-refractivity contribution is -0.111. The number of anilines is 1. The number of nitrogens with one attached hydrogen (secondary N) is 1. The molecule has 7 heteroatoms. The van der Waals surface area contributed by atoms with Gasteiger partial charge in [0.2, 0.25) is 5.91 Å². The molecule has 0 saturated heterocycles. The van der Waals surface area contributed by atoms with Crippen LogP contribution in [-0.2, 0) is 4.79 Å². The largest absolute Gasteiger partial charge is 0.497 e. The Morgan fingerprint density at radius 2 is 2.00 bits per heavy atom. The van der Waals surface area contributed by atoms with Crippen LogP contribution < -0.4 is 14.8 Å². The van der Waals surface area contributed by atoms with Crippen LogP contribution in [0.25, 0.3) is 27.7 Å². The van der Waals surface area contributed by atoms with E-state index in [1.807, 2.05) is 44.2 Å². The zero-order chi connectivity index (χ0) is 22.0. The lowest BCUT2D eigenvalue weighted by Crippen LogP contribution is -2.09. The topological polar surface area (TPSA) is 86.7 Å². The van der Waals surface area contributed by atoms with Gasteiger partial charge >= 0.3 is 0 Å². The highest BCUT2D eigenvalue weighted by Gasteiger charge is 2.19. The number of hydrogen-bond donors (Lipinski definition) is 1. The van der Waals surface area contributed by atoms with E-state index in [4.69, 9.17) is 18.4 Å². The molecule has 1 amide bonds. The first-order valence-electron chi connectivity index (χ1n) is 9.65. The molecule has 0 saturated carbocycles. The fourth-order valence-electron chi connectivity index (χ4n) is 3.60. The molecule has 0 aliphatic heterocycles. The second-order valence-corrected chi connectivity index (χ2v) is 7.04. The van der Waals surface area contributed by atoms with Crippen molar-refractivity contribution in [1.82, 2.24) is 5.16 Å². The van der Waals surface area contributed by atoms with Crippen LogP contribution in [0.5, 0.6) is 11.5 Å². The number of ether oxygens (including phenoxy) is 2. The molecule has 0 fully saturated rings. The molecule has 0 spiro atoms. The quantitative estimate of drug-likeness (QED) is 0.419. The average molecular weight is 418 g/mol. The van der Waals surface area contributed by atoms with E-state index in [1.54, 1.807) is 26.5 Å². The Labute approximate surface area is 179 Å². The van der Waals surface area contributed by atoms with Crippen LogP contribution in [0.2, 0.25) is 0 Å². The highest BCUT2D eigenvalue weighted by molar-refractivity contribution is 6.05. The first-order chi connectivity index (χ1) is 15.0. The van der Waals surface area contributed by atoms with Crippen molar-refractivity contribution in [2.45, 2.75) is 13.8 Å². The second-order valence-electron chi connectivity index (χ2n) is 7.04. The minimum atomic E-state index is -0.314. The Morgan fingerprint density at radius 1 is 1.16 bits per heavy atom. The maximum Gasteiger partial charge on any atom is 0.249 e. The van der Waals surface area contributed by atoms with Gasteiger partial charge in [-0.2, -0.15) is 0 Å². The summed E-state index contributed by atoms with van der Waals surface area (Å²) < 4.78 is 21.7. The summed E-state index contributed by atoms with van der Waals surface area (Å²) in [6.45, 7) is 3.79. The zero-order valence-electron chi connectivity index (χ0n) is 17.7. The van der Waals surface area contributed by atoms with Crippen molar-refractivity contribution in [1.29, 1.82) is 0 Å². The predicted octanol–water partition coefficient (Wildman–Crippen LogP) is 5.46. The Balaban J connectivity index is 1.80. The smallest absolute Gasteiger partial charge is 0.249 e. The molecule has 2 aromatic carbocycles. The normalized spacial score (nSPS) is 11.5. The number of nitrogens with zero attached hydrogens (tertiary/aromatic N) is 1. The van der Waals surface area contributed by atoms with Gasteiger partial charge < -0.3 is 23.7 Å². The van der Waals surface area contributed by atoms with Crippen molar-refractivity contribution in [3.63, 3.8) is 0 Å². The molecule has 0 radical (unpaired) electrons. The van der Waals surface area contributed by atoms with Gasteiger partial charge in [0.1, 0.15) is 23.3 Å². The number of allylic oxidation sites excluding steroid dienone is 1. The fourth-order valence-corrected chi connectivity index (χ4v) is 3.60. The molecule has 2 heterocycles. The third-order valence-electron chi connectivity index (χ3n) is 5.09. The summed E-state index contributed by atoms with van der Waals surface area (Å²) in [6.07, 6.45) is 4.63. The molecular formula is C24H22N2O5. The molecule has 4 rings (SSSR count). The summed E-state index contributed by atoms with van der Waals surface area (Å²) in [5, 5.41) is 7.28. The van der Waals surface area contributed by atoms with E-state index >= 15 is 0 Å². The monoisotopic (exact) mass is 418 g/mol. The van der Waals surface area contributed by atoms with Gasteiger partial charge in [-0.3, -0.25) is 4.79 Å². The van der Waals surface area contributed by atoms with E-state index in [9.17, 15) is 4.79 Å². The summed E-state index contributed by atoms with van der Waals surface area (Å²) in [5.41, 5.74) is 5.03. The number of aryl methyl sites for hydroxylation is 1. The van der Waals surface area contributed by atoms with Gasteiger partial charge in [-0.05, 0) is 43.2 Å². The van der Waals surface area contributed by atoms with E-state index < -0.39 is 0 Å². The molecule has 0 unspecified atom stereocenters. The summed E-state index contributed by atoms with van der Waals surface area (Å²) in [5.74, 6) is 1.45. The van der Waals surface area contributed by atoms with Crippen molar-refractivity contribution in [2.24, 2.45) is 0 Å². The van der Waals surface area contributed by atoms with Crippen molar-refractivity contribution < 1.29 is 23.2 Å². The van der Waals surface area contributed by atoms with Crippen LogP contribution in [-0.4, -0.2) is 25.3 Å². The van der Waals surface area contributed by atoms with Gasteiger partial charge in [0.05, 0.1) is 20.5 Å². The molecule has 0 aliphatic rings. The predicted molar refractivity (Wildman–Crippen MR) is 118 cm³/mol. The number of furan rings is 1. The minimum absolute atomic E-state index is 0.314. The van der Waals surface area contributed by atoms with E-state index in [1.165, 1.54) is 12.3 Å². The van der Waals surface area contributed by atoms with E-state index in [0.29, 0.717) is 11.6 Å². The number of amides is 1. The summed E-state index contributed by atoms with van der Waals surface area (Å²) in [6, 6.07) is 11.3. The van der Waals surface area contributed by atoms with Gasteiger partial charge in [-0.15, -0.1) is 0 Å². The number of fused-ring (bicyclic) bond motifs is 1. The van der Waals surface area contributed by atoms with Crippen molar-refractivity contribution in [2.75, 3.05) is 19.5 Å². The van der Waals surface area contributed by atoms with Crippen LogP contribution in [0.15, 0.2) is 63.9 Å². The van der Waals surface area contributed by atoms with E-state index in [0.717, 1.165) is 44.5 Å². The Hall–Kier alpha value is -4.00. The molecule has 0 aliphatic carbocycles. The number of carbonyl (C=O) groups is 1. The van der Waals surface area contributed by atoms with Crippen LogP contribution in [0.1, 0.15) is 18.1 Å². The number of rotatable bonds is 6. The van der Waals surface area contributed by atoms with Crippen molar-refractivity contribution in [3.05, 3.63) is 66.1 Å². The van der Waals surface area contributed by atoms with Crippen LogP contribution in [0.3, 0.4) is 0 Å². The molecule has 0 bridgehead atoms. The zero-order valence-corrected chi connectivity index (χ0v) is 17.7. The van der Waals surface area contributed by atoms with Gasteiger partial charge in [0, 0.05) is 34.2 Å². The Morgan fingerprint density at radius 3 is 2.71 bits per heavy atom. The standard InChI is InChI=1S/C24H22N2O5/c1-14(10-22(27)25-21-8-9-31-26-21)18-12-19-20(16-6-5-7-17(11-16)28-3)13-30-24(19)15(2)23(18)29-4/h5-13H,1-4H3,(H,25,26,27)/b14-10+. The second kappa shape index (κ2) is 8.39. The lowest BCUT2D eigenvalue weighted by Gasteiger charge is -2.13. The van der Waals surface area contributed by atoms with Gasteiger partial charge in [-0.1, -0.05) is 17.3 Å². The van der Waals surface area contributed by atoms with Crippen LogP contribution >= 0.6 is 0 Å². The number of hydrogen-bond acceptors (Lipinski definition) is 6. The van der Waals surface area contributed by atoms with Crippen LogP contribution in [0, 0.1) is 6.92 Å². The molecule has 7 nitrogen and oxygen atoms in total. The third-order valence-corrected chi connectivity index (χ3v) is 5.09. The molecule has 0 atom stereocenters. The van der Waals surface area contributed by atoms with Crippen molar-refractivity contribution >= 4 is 28.3 Å². The number of carbonyl (C=O) groups excluding carboxylic acids is 1. The van der Waals surface area contributed by atoms with Crippen LogP contribution in [0.4, 0.5) is 5.82 Å². The lowest BCUT2D eigenvalue weighted by atomic mass is 9.96. The molecule has 158 valence electrons. The first kappa shape index (κ1) is 20.3. The minimum Gasteiger partial charge on any atom is -0.497 e. The van der Waals surface area contributed by atoms with Gasteiger partial charge in [-0.25, -0.2) is 0 Å². The average Bonchev–Trinajstić information content (AvgIpc) is 3.43. The molecule has 1 N–H and O–H groups in total. The number of benzene rings is 2. The SMILES string of the molecule is COc1cccc(-c2coc3c(C)c(OC)c(/C(C)=C/C(=O)Nc4ccon4)cc23)c1. The van der Waals surface area contributed by atoms with E-state index in [-0.39, 0.29) is 5.91 Å². The Kier molecular flexibility index (Phi) is 5.49. The highest BCUT2D eigenvalue weighted by atomic mass is 16.5. The third kappa shape index (κ3) is 3.90. The molecule has 2 aromatic heterocycles. The maximum atomic E-state index is 12.4. The summed E-state index contributed by atoms with van der Waals surface area (Å²) >= 11 is 0. The molecule has 31 heavy (non-hydrogen) atoms. The number of aromatic nitrogens is 1. The number of methoxy groups -OCH3 is 2. The van der Waals surface area contributed by atoms with E-state index in [2.05, 4.69) is 10.5 Å².